The minimum absolute atomic E-state index is 0.291. The highest BCUT2D eigenvalue weighted by atomic mass is 16.5. The van der Waals surface area contributed by atoms with Crippen LogP contribution in [0.4, 0.5) is 5.82 Å². The molecule has 1 aliphatic rings. The maximum absolute atomic E-state index is 5.84. The van der Waals surface area contributed by atoms with Crippen molar-refractivity contribution < 1.29 is 4.74 Å². The highest BCUT2D eigenvalue weighted by Gasteiger charge is 2.17. The molecular weight excluding hydrogens is 214 g/mol. The maximum Gasteiger partial charge on any atom is 0.126 e. The van der Waals surface area contributed by atoms with Crippen LogP contribution in [0.1, 0.15) is 18.9 Å². The van der Waals surface area contributed by atoms with Gasteiger partial charge in [-0.2, -0.15) is 5.10 Å². The van der Waals surface area contributed by atoms with Gasteiger partial charge in [0, 0.05) is 5.56 Å². The van der Waals surface area contributed by atoms with Crippen LogP contribution in [0, 0.1) is 0 Å². The number of H-pyrrole nitrogens is 1. The molecule has 3 rings (SSSR count). The molecule has 0 saturated carbocycles. The fourth-order valence-corrected chi connectivity index (χ4v) is 2.20. The zero-order chi connectivity index (χ0) is 11.8. The van der Waals surface area contributed by atoms with Gasteiger partial charge in [-0.25, -0.2) is 0 Å². The Morgan fingerprint density at radius 2 is 2.35 bits per heavy atom. The Morgan fingerprint density at radius 1 is 1.47 bits per heavy atom. The van der Waals surface area contributed by atoms with Crippen LogP contribution in [0.3, 0.4) is 0 Å². The largest absolute Gasteiger partial charge is 0.490 e. The van der Waals surface area contributed by atoms with Gasteiger partial charge in [0.25, 0.3) is 0 Å². The number of nitrogens with two attached hydrogens (primary N) is 1. The number of rotatable bonds is 1. The van der Waals surface area contributed by atoms with E-state index in [0.29, 0.717) is 11.9 Å². The van der Waals surface area contributed by atoms with E-state index in [9.17, 15) is 0 Å². The summed E-state index contributed by atoms with van der Waals surface area (Å²) in [6.45, 7) is 2.10. The first-order valence-corrected chi connectivity index (χ1v) is 5.83. The Balaban J connectivity index is 2.04. The Labute approximate surface area is 99.8 Å². The number of fused-ring (bicyclic) bond motifs is 1. The molecule has 88 valence electrons. The summed E-state index contributed by atoms with van der Waals surface area (Å²) in [6, 6.07) is 6.23. The van der Waals surface area contributed by atoms with Gasteiger partial charge in [-0.05, 0) is 37.0 Å². The number of aryl methyl sites for hydroxylation is 1. The van der Waals surface area contributed by atoms with Crippen molar-refractivity contribution in [3.8, 4) is 16.9 Å². The van der Waals surface area contributed by atoms with E-state index in [4.69, 9.17) is 10.5 Å². The number of nitrogens with one attached hydrogen (secondary N) is 1. The third-order valence-electron chi connectivity index (χ3n) is 3.20. The quantitative estimate of drug-likeness (QED) is 0.789. The first-order chi connectivity index (χ1) is 8.24. The molecule has 4 heteroatoms. The minimum Gasteiger partial charge on any atom is -0.490 e. The molecule has 0 aliphatic carbocycles. The van der Waals surface area contributed by atoms with Crippen LogP contribution >= 0.6 is 0 Å². The minimum atomic E-state index is 0.291. The SMILES string of the molecule is CC1CCc2ccc(-c3cn[nH]c3N)cc2O1. The lowest BCUT2D eigenvalue weighted by Gasteiger charge is -2.23. The Morgan fingerprint density at radius 3 is 3.12 bits per heavy atom. The van der Waals surface area contributed by atoms with E-state index in [-0.39, 0.29) is 0 Å². The fraction of sp³-hybridized carbons (Fsp3) is 0.308. The van der Waals surface area contributed by atoms with Gasteiger partial charge in [-0.15, -0.1) is 0 Å². The van der Waals surface area contributed by atoms with Crippen LogP contribution in [0.5, 0.6) is 5.75 Å². The van der Waals surface area contributed by atoms with Gasteiger partial charge in [0.15, 0.2) is 0 Å². The van der Waals surface area contributed by atoms with Gasteiger partial charge in [0.2, 0.25) is 0 Å². The predicted molar refractivity (Wildman–Crippen MR) is 66.8 cm³/mol. The molecule has 1 aliphatic heterocycles. The van der Waals surface area contributed by atoms with Gasteiger partial charge in [0.1, 0.15) is 11.6 Å². The third kappa shape index (κ3) is 1.75. The smallest absolute Gasteiger partial charge is 0.126 e. The van der Waals surface area contributed by atoms with E-state index < -0.39 is 0 Å². The molecule has 0 amide bonds. The molecular formula is C13H15N3O. The summed E-state index contributed by atoms with van der Waals surface area (Å²) in [5.41, 5.74) is 9.06. The Hall–Kier alpha value is -1.97. The third-order valence-corrected chi connectivity index (χ3v) is 3.20. The lowest BCUT2D eigenvalue weighted by molar-refractivity contribution is 0.192. The van der Waals surface area contributed by atoms with Gasteiger partial charge in [-0.1, -0.05) is 12.1 Å². The first-order valence-electron chi connectivity index (χ1n) is 5.83. The van der Waals surface area contributed by atoms with Crippen molar-refractivity contribution in [2.24, 2.45) is 0 Å². The van der Waals surface area contributed by atoms with Gasteiger partial charge >= 0.3 is 0 Å². The summed E-state index contributed by atoms with van der Waals surface area (Å²) in [5.74, 6) is 1.57. The van der Waals surface area contributed by atoms with E-state index >= 15 is 0 Å². The number of hydrogen-bond acceptors (Lipinski definition) is 3. The summed E-state index contributed by atoms with van der Waals surface area (Å²) in [4.78, 5) is 0. The molecule has 3 N–H and O–H groups in total. The lowest BCUT2D eigenvalue weighted by Crippen LogP contribution is -2.18. The van der Waals surface area contributed by atoms with E-state index in [1.54, 1.807) is 6.20 Å². The molecule has 4 nitrogen and oxygen atoms in total. The number of aromatic nitrogens is 2. The molecule has 2 heterocycles. The zero-order valence-electron chi connectivity index (χ0n) is 9.73. The van der Waals surface area contributed by atoms with Gasteiger partial charge < -0.3 is 10.5 Å². The maximum atomic E-state index is 5.84. The number of hydrogen-bond donors (Lipinski definition) is 2. The molecule has 0 spiro atoms. The van der Waals surface area contributed by atoms with Crippen LogP contribution in [-0.2, 0) is 6.42 Å². The second-order valence-electron chi connectivity index (χ2n) is 4.49. The van der Waals surface area contributed by atoms with E-state index in [1.165, 1.54) is 5.56 Å². The fourth-order valence-electron chi connectivity index (χ4n) is 2.20. The van der Waals surface area contributed by atoms with Crippen LogP contribution in [0.2, 0.25) is 0 Å². The highest BCUT2D eigenvalue weighted by molar-refractivity contribution is 5.74. The molecule has 0 bridgehead atoms. The summed E-state index contributed by atoms with van der Waals surface area (Å²) in [7, 11) is 0. The average molecular weight is 229 g/mol. The second-order valence-corrected chi connectivity index (χ2v) is 4.49. The molecule has 1 atom stereocenters. The Bertz CT molecular complexity index is 547. The van der Waals surface area contributed by atoms with Crippen LogP contribution in [0.25, 0.3) is 11.1 Å². The second kappa shape index (κ2) is 3.80. The van der Waals surface area contributed by atoms with Crippen molar-refractivity contribution in [3.63, 3.8) is 0 Å². The number of ether oxygens (including phenoxy) is 1. The normalized spacial score (nSPS) is 18.5. The van der Waals surface area contributed by atoms with E-state index in [1.807, 2.05) is 6.07 Å². The molecule has 0 saturated heterocycles. The van der Waals surface area contributed by atoms with Gasteiger partial charge in [0.05, 0.1) is 12.3 Å². The van der Waals surface area contributed by atoms with Gasteiger partial charge in [-0.3, -0.25) is 5.10 Å². The number of anilines is 1. The van der Waals surface area contributed by atoms with Crippen molar-refractivity contribution in [3.05, 3.63) is 30.0 Å². The number of aromatic amines is 1. The average Bonchev–Trinajstić information content (AvgIpc) is 2.74. The first kappa shape index (κ1) is 10.2. The molecule has 0 fully saturated rings. The lowest BCUT2D eigenvalue weighted by atomic mass is 9.99. The molecule has 1 unspecified atom stereocenters. The molecule has 1 aromatic carbocycles. The van der Waals surface area contributed by atoms with Crippen molar-refractivity contribution in [2.45, 2.75) is 25.9 Å². The predicted octanol–water partition coefficient (Wildman–Crippen LogP) is 2.37. The molecule has 0 radical (unpaired) electrons. The summed E-state index contributed by atoms with van der Waals surface area (Å²) in [5, 5.41) is 6.68. The van der Waals surface area contributed by atoms with Crippen molar-refractivity contribution in [2.75, 3.05) is 5.73 Å². The van der Waals surface area contributed by atoms with E-state index in [0.717, 1.165) is 29.7 Å². The zero-order valence-corrected chi connectivity index (χ0v) is 9.73. The number of nitrogens with zero attached hydrogens (tertiary/aromatic N) is 1. The van der Waals surface area contributed by atoms with Crippen LogP contribution in [0.15, 0.2) is 24.4 Å². The van der Waals surface area contributed by atoms with Crippen molar-refractivity contribution in [1.29, 1.82) is 0 Å². The van der Waals surface area contributed by atoms with Crippen LogP contribution in [-0.4, -0.2) is 16.3 Å². The standard InChI is InChI=1S/C13H15N3O/c1-8-2-3-9-4-5-10(6-12(9)17-8)11-7-15-16-13(11)14/h4-8H,2-3H2,1H3,(H3,14,15,16). The van der Waals surface area contributed by atoms with E-state index in [2.05, 4.69) is 29.3 Å². The number of benzene rings is 1. The van der Waals surface area contributed by atoms with Crippen molar-refractivity contribution >= 4 is 5.82 Å². The molecule has 17 heavy (non-hydrogen) atoms. The molecule has 1 aromatic heterocycles. The monoisotopic (exact) mass is 229 g/mol. The highest BCUT2D eigenvalue weighted by Crippen LogP contribution is 2.33. The topological polar surface area (TPSA) is 63.9 Å². The number of nitrogen functional groups attached to an aromatic ring is 1. The summed E-state index contributed by atoms with van der Waals surface area (Å²) in [6.07, 6.45) is 4.20. The summed E-state index contributed by atoms with van der Waals surface area (Å²) < 4.78 is 5.84. The summed E-state index contributed by atoms with van der Waals surface area (Å²) >= 11 is 0. The van der Waals surface area contributed by atoms with Crippen LogP contribution < -0.4 is 10.5 Å². The Kier molecular flexibility index (Phi) is 2.28. The molecule has 2 aromatic rings. The van der Waals surface area contributed by atoms with Crippen molar-refractivity contribution in [1.82, 2.24) is 10.2 Å².